The summed E-state index contributed by atoms with van der Waals surface area (Å²) in [5.41, 5.74) is 7.10. The Morgan fingerprint density at radius 2 is 1.74 bits per heavy atom. The van der Waals surface area contributed by atoms with Gasteiger partial charge in [-0.3, -0.25) is 9.59 Å². The van der Waals surface area contributed by atoms with E-state index < -0.39 is 0 Å². The van der Waals surface area contributed by atoms with Crippen LogP contribution in [0.2, 0.25) is 0 Å². The van der Waals surface area contributed by atoms with Crippen LogP contribution < -0.4 is 16.4 Å². The van der Waals surface area contributed by atoms with E-state index in [1.54, 1.807) is 12.1 Å². The summed E-state index contributed by atoms with van der Waals surface area (Å²) >= 11 is 0. The second kappa shape index (κ2) is 10.2. The summed E-state index contributed by atoms with van der Waals surface area (Å²) in [4.78, 5) is 23.8. The van der Waals surface area contributed by atoms with Crippen molar-refractivity contribution in [2.24, 2.45) is 5.73 Å². The fraction of sp³-hybridized carbons (Fsp3) is 0.529. The van der Waals surface area contributed by atoms with Gasteiger partial charge in [0.1, 0.15) is 0 Å². The summed E-state index contributed by atoms with van der Waals surface area (Å²) in [6.07, 6.45) is 6.13. The van der Waals surface area contributed by atoms with Crippen LogP contribution in [0.15, 0.2) is 24.3 Å². The van der Waals surface area contributed by atoms with Gasteiger partial charge >= 0.3 is 0 Å². The number of halogens is 1. The number of hydrogen-bond donors (Lipinski definition) is 3. The Balaban J connectivity index is 0.00000264. The molecule has 1 aromatic carbocycles. The topological polar surface area (TPSA) is 84.2 Å². The highest BCUT2D eigenvalue weighted by atomic mass is 35.5. The van der Waals surface area contributed by atoms with Gasteiger partial charge in [-0.2, -0.15) is 0 Å². The highest BCUT2D eigenvalue weighted by Crippen LogP contribution is 2.17. The van der Waals surface area contributed by atoms with E-state index in [9.17, 15) is 9.59 Å². The van der Waals surface area contributed by atoms with Gasteiger partial charge in [0.05, 0.1) is 0 Å². The lowest BCUT2D eigenvalue weighted by molar-refractivity contribution is -0.121. The normalized spacial score (nSPS) is 14.7. The molecule has 0 aliphatic heterocycles. The van der Waals surface area contributed by atoms with Gasteiger partial charge in [-0.1, -0.05) is 31.4 Å². The van der Waals surface area contributed by atoms with Crippen molar-refractivity contribution in [2.45, 2.75) is 51.1 Å². The average Bonchev–Trinajstić information content (AvgIpc) is 2.55. The van der Waals surface area contributed by atoms with Crippen molar-refractivity contribution >= 4 is 24.2 Å². The van der Waals surface area contributed by atoms with Gasteiger partial charge < -0.3 is 16.4 Å². The molecule has 1 aliphatic carbocycles. The van der Waals surface area contributed by atoms with Crippen LogP contribution >= 0.6 is 12.4 Å². The molecule has 1 saturated carbocycles. The molecule has 6 heteroatoms. The average molecular weight is 340 g/mol. The molecule has 0 aromatic heterocycles. The van der Waals surface area contributed by atoms with Gasteiger partial charge in [0.15, 0.2) is 0 Å². The van der Waals surface area contributed by atoms with Crippen LogP contribution in [0.1, 0.15) is 54.4 Å². The van der Waals surface area contributed by atoms with Gasteiger partial charge in [0.25, 0.3) is 5.91 Å². The molecule has 0 bridgehead atoms. The molecule has 0 heterocycles. The molecule has 0 spiro atoms. The SMILES string of the molecule is Cl.NCc1ccc(C(=O)NCCC(=O)NC2CCCCC2)cc1. The van der Waals surface area contributed by atoms with E-state index in [-0.39, 0.29) is 24.2 Å². The summed E-state index contributed by atoms with van der Waals surface area (Å²) in [5, 5.41) is 5.82. The number of nitrogens with two attached hydrogens (primary N) is 1. The van der Waals surface area contributed by atoms with Crippen molar-refractivity contribution in [3.63, 3.8) is 0 Å². The number of carbonyl (C=O) groups is 2. The number of nitrogens with one attached hydrogen (secondary N) is 2. The summed E-state index contributed by atoms with van der Waals surface area (Å²) in [7, 11) is 0. The third-order valence-electron chi connectivity index (χ3n) is 4.06. The van der Waals surface area contributed by atoms with E-state index in [0.717, 1.165) is 18.4 Å². The van der Waals surface area contributed by atoms with E-state index in [1.165, 1.54) is 19.3 Å². The first-order valence-electron chi connectivity index (χ1n) is 8.05. The van der Waals surface area contributed by atoms with Crippen LogP contribution in [0.5, 0.6) is 0 Å². The Labute approximate surface area is 143 Å². The van der Waals surface area contributed by atoms with Crippen molar-refractivity contribution in [3.8, 4) is 0 Å². The first-order valence-corrected chi connectivity index (χ1v) is 8.05. The van der Waals surface area contributed by atoms with Crippen LogP contribution in [-0.4, -0.2) is 24.4 Å². The third-order valence-corrected chi connectivity index (χ3v) is 4.06. The van der Waals surface area contributed by atoms with E-state index in [0.29, 0.717) is 31.1 Å². The van der Waals surface area contributed by atoms with Crippen molar-refractivity contribution < 1.29 is 9.59 Å². The molecule has 0 unspecified atom stereocenters. The molecule has 1 fully saturated rings. The second-order valence-corrected chi connectivity index (χ2v) is 5.81. The number of benzene rings is 1. The summed E-state index contributed by atoms with van der Waals surface area (Å²) < 4.78 is 0. The van der Waals surface area contributed by atoms with Crippen molar-refractivity contribution in [2.75, 3.05) is 6.54 Å². The van der Waals surface area contributed by atoms with E-state index in [4.69, 9.17) is 5.73 Å². The van der Waals surface area contributed by atoms with Gasteiger partial charge in [-0.25, -0.2) is 0 Å². The standard InChI is InChI=1S/C17H25N3O2.ClH/c18-12-13-6-8-14(9-7-13)17(22)19-11-10-16(21)20-15-4-2-1-3-5-15;/h6-9,15H,1-5,10-12,18H2,(H,19,22)(H,20,21);1H. The molecule has 128 valence electrons. The molecule has 0 saturated heterocycles. The van der Waals surface area contributed by atoms with Crippen LogP contribution in [0.25, 0.3) is 0 Å². The van der Waals surface area contributed by atoms with E-state index in [1.807, 2.05) is 12.1 Å². The Kier molecular flexibility index (Phi) is 8.66. The Morgan fingerprint density at radius 1 is 1.09 bits per heavy atom. The van der Waals surface area contributed by atoms with E-state index >= 15 is 0 Å². The van der Waals surface area contributed by atoms with Crippen molar-refractivity contribution in [1.29, 1.82) is 0 Å². The van der Waals surface area contributed by atoms with Crippen LogP contribution in [0.4, 0.5) is 0 Å². The predicted octanol–water partition coefficient (Wildman–Crippen LogP) is 2.14. The zero-order valence-electron chi connectivity index (χ0n) is 13.3. The lowest BCUT2D eigenvalue weighted by Crippen LogP contribution is -2.38. The zero-order chi connectivity index (χ0) is 15.8. The quantitative estimate of drug-likeness (QED) is 0.742. The molecule has 0 atom stereocenters. The molecule has 4 N–H and O–H groups in total. The Hall–Kier alpha value is -1.59. The predicted molar refractivity (Wildman–Crippen MR) is 93.5 cm³/mol. The molecule has 5 nitrogen and oxygen atoms in total. The fourth-order valence-electron chi connectivity index (χ4n) is 2.73. The first-order chi connectivity index (χ1) is 10.7. The molecular weight excluding hydrogens is 314 g/mol. The zero-order valence-corrected chi connectivity index (χ0v) is 14.2. The summed E-state index contributed by atoms with van der Waals surface area (Å²) in [6, 6.07) is 7.50. The van der Waals surface area contributed by atoms with Gasteiger partial charge in [-0.05, 0) is 30.5 Å². The maximum Gasteiger partial charge on any atom is 0.251 e. The largest absolute Gasteiger partial charge is 0.353 e. The molecule has 23 heavy (non-hydrogen) atoms. The minimum atomic E-state index is -0.158. The van der Waals surface area contributed by atoms with E-state index in [2.05, 4.69) is 10.6 Å². The molecular formula is C17H26ClN3O2. The van der Waals surface area contributed by atoms with Crippen molar-refractivity contribution in [3.05, 3.63) is 35.4 Å². The minimum absolute atomic E-state index is 0. The highest BCUT2D eigenvalue weighted by Gasteiger charge is 2.15. The Morgan fingerprint density at radius 3 is 2.35 bits per heavy atom. The Bertz CT molecular complexity index is 499. The third kappa shape index (κ3) is 6.59. The molecule has 1 aliphatic rings. The lowest BCUT2D eigenvalue weighted by Gasteiger charge is -2.22. The molecule has 2 amide bonds. The maximum absolute atomic E-state index is 11.9. The minimum Gasteiger partial charge on any atom is -0.353 e. The fourth-order valence-corrected chi connectivity index (χ4v) is 2.73. The second-order valence-electron chi connectivity index (χ2n) is 5.81. The number of rotatable bonds is 6. The van der Waals surface area contributed by atoms with Crippen LogP contribution in [0.3, 0.4) is 0 Å². The molecule has 2 rings (SSSR count). The first kappa shape index (κ1) is 19.5. The molecule has 1 aromatic rings. The summed E-state index contributed by atoms with van der Waals surface area (Å²) in [6.45, 7) is 0.819. The van der Waals surface area contributed by atoms with Gasteiger partial charge in [0.2, 0.25) is 5.91 Å². The van der Waals surface area contributed by atoms with Crippen molar-refractivity contribution in [1.82, 2.24) is 10.6 Å². The van der Waals surface area contributed by atoms with Crippen LogP contribution in [0, 0.1) is 0 Å². The summed E-state index contributed by atoms with van der Waals surface area (Å²) in [5.74, 6) is -0.139. The molecule has 0 radical (unpaired) electrons. The number of carbonyl (C=O) groups excluding carboxylic acids is 2. The highest BCUT2D eigenvalue weighted by molar-refractivity contribution is 5.94. The van der Waals surface area contributed by atoms with Crippen LogP contribution in [-0.2, 0) is 11.3 Å². The van der Waals surface area contributed by atoms with Gasteiger partial charge in [-0.15, -0.1) is 12.4 Å². The monoisotopic (exact) mass is 339 g/mol. The smallest absolute Gasteiger partial charge is 0.251 e. The number of amides is 2. The van der Waals surface area contributed by atoms with Gasteiger partial charge in [0, 0.05) is 31.1 Å². The maximum atomic E-state index is 11.9. The number of hydrogen-bond acceptors (Lipinski definition) is 3. The lowest BCUT2D eigenvalue weighted by atomic mass is 9.95.